The molecule has 1 aromatic carbocycles. The van der Waals surface area contributed by atoms with Gasteiger partial charge in [-0.1, -0.05) is 0 Å². The summed E-state index contributed by atoms with van der Waals surface area (Å²) in [7, 11) is 2.00. The number of halogens is 4. The van der Waals surface area contributed by atoms with Crippen LogP contribution in [0.1, 0.15) is 25.3 Å². The number of hydrogen-bond acceptors (Lipinski definition) is 8. The van der Waals surface area contributed by atoms with Crippen molar-refractivity contribution in [3.05, 3.63) is 35.2 Å². The van der Waals surface area contributed by atoms with Gasteiger partial charge in [0.1, 0.15) is 11.7 Å². The van der Waals surface area contributed by atoms with Crippen molar-refractivity contribution in [1.82, 2.24) is 15.1 Å². The van der Waals surface area contributed by atoms with E-state index in [9.17, 15) is 22.8 Å². The number of rotatable bonds is 4. The number of carbonyl (C=O) groups excluding carboxylic acids is 2. The maximum absolute atomic E-state index is 15.8. The lowest BCUT2D eigenvalue weighted by molar-refractivity contribution is -0.124. The Morgan fingerprint density at radius 3 is 2.43 bits per heavy atom. The van der Waals surface area contributed by atoms with Gasteiger partial charge in [-0.3, -0.25) is 19.5 Å². The molecule has 5 rings (SSSR count). The first kappa shape index (κ1) is 30.0. The van der Waals surface area contributed by atoms with Gasteiger partial charge in [-0.15, -0.1) is 0 Å². The smallest absolute Gasteiger partial charge is 0.378 e. The van der Waals surface area contributed by atoms with Crippen molar-refractivity contribution in [3.8, 4) is 0 Å². The summed E-state index contributed by atoms with van der Waals surface area (Å²) in [6.07, 6.45) is -3.87. The molecule has 0 saturated carbocycles. The number of guanidine groups is 1. The molecule has 2 unspecified atom stereocenters. The molecule has 14 heteroatoms. The average molecular weight is 594 g/mol. The number of aliphatic imine (C=N–C) groups is 2. The van der Waals surface area contributed by atoms with Gasteiger partial charge in [0.2, 0.25) is 5.91 Å². The minimum absolute atomic E-state index is 0.104. The fraction of sp³-hybridized carbons (Fsp3) is 0.571. The van der Waals surface area contributed by atoms with Crippen LogP contribution in [0.2, 0.25) is 0 Å². The van der Waals surface area contributed by atoms with Crippen molar-refractivity contribution in [2.24, 2.45) is 15.9 Å². The second-order valence-corrected chi connectivity index (χ2v) is 11.2. The maximum Gasteiger partial charge on any atom is 0.414 e. The highest BCUT2D eigenvalue weighted by molar-refractivity contribution is 6.11. The Kier molecular flexibility index (Phi) is 8.56. The van der Waals surface area contributed by atoms with Gasteiger partial charge in [-0.25, -0.2) is 9.38 Å². The predicted molar refractivity (Wildman–Crippen MR) is 150 cm³/mol. The van der Waals surface area contributed by atoms with Crippen LogP contribution in [0.15, 0.2) is 33.8 Å². The zero-order valence-corrected chi connectivity index (χ0v) is 23.7. The normalized spacial score (nSPS) is 27.4. The number of likely N-dealkylation sites (N-methyl/N-ethyl adjacent to an activating group) is 1. The molecule has 228 valence electrons. The largest absolute Gasteiger partial charge is 0.414 e. The summed E-state index contributed by atoms with van der Waals surface area (Å²) in [4.78, 5) is 39.1. The Morgan fingerprint density at radius 2 is 1.81 bits per heavy atom. The summed E-state index contributed by atoms with van der Waals surface area (Å²) in [6.45, 7) is 8.37. The van der Waals surface area contributed by atoms with Crippen LogP contribution in [0.3, 0.4) is 0 Å². The monoisotopic (exact) mass is 593 g/mol. The van der Waals surface area contributed by atoms with E-state index in [1.165, 1.54) is 12.1 Å². The van der Waals surface area contributed by atoms with Crippen LogP contribution in [-0.2, 0) is 14.3 Å². The quantitative estimate of drug-likeness (QED) is 0.517. The summed E-state index contributed by atoms with van der Waals surface area (Å²) in [6, 6.07) is 3.05. The van der Waals surface area contributed by atoms with Crippen molar-refractivity contribution in [3.63, 3.8) is 0 Å². The Balaban J connectivity index is 1.46. The number of ether oxygens (including phenoxy) is 1. The number of nitrogens with one attached hydrogen (secondary N) is 2. The number of dihydropyridines is 1. The summed E-state index contributed by atoms with van der Waals surface area (Å²) in [5.74, 6) is -4.06. The highest BCUT2D eigenvalue weighted by Gasteiger charge is 2.43. The highest BCUT2D eigenvalue weighted by Crippen LogP contribution is 2.37. The molecule has 2 saturated heterocycles. The SMILES string of the molecule is C[C@@H]1CN(c2cc(F)c(C3CN=C(N4CCOCC4)NC3)cc2NC(=O)C2C=NC(=O)C=C2C(F)(F)F)C[C@H](C)N1C. The van der Waals surface area contributed by atoms with Gasteiger partial charge in [0.25, 0.3) is 5.91 Å². The van der Waals surface area contributed by atoms with Gasteiger partial charge in [-0.05, 0) is 38.6 Å². The molecule has 4 aliphatic rings. The Labute approximate surface area is 241 Å². The summed E-state index contributed by atoms with van der Waals surface area (Å²) < 4.78 is 62.4. The third-order valence-corrected chi connectivity index (χ3v) is 8.37. The van der Waals surface area contributed by atoms with Crippen LogP contribution < -0.4 is 15.5 Å². The number of carbonyl (C=O) groups is 2. The first-order valence-electron chi connectivity index (χ1n) is 14.0. The number of nitrogens with zero attached hydrogens (tertiary/aromatic N) is 5. The van der Waals surface area contributed by atoms with E-state index >= 15 is 4.39 Å². The third kappa shape index (κ3) is 6.28. The zero-order valence-electron chi connectivity index (χ0n) is 23.7. The second kappa shape index (κ2) is 12.0. The minimum Gasteiger partial charge on any atom is -0.378 e. The molecule has 0 bridgehead atoms. The number of morpholine rings is 1. The molecule has 10 nitrogen and oxygen atoms in total. The van der Waals surface area contributed by atoms with E-state index in [2.05, 4.69) is 30.4 Å². The van der Waals surface area contributed by atoms with Crippen molar-refractivity contribution in [1.29, 1.82) is 0 Å². The molecule has 0 spiro atoms. The third-order valence-electron chi connectivity index (χ3n) is 8.37. The Bertz CT molecular complexity index is 1300. The molecule has 2 N–H and O–H groups in total. The molecular formula is C28H35F4N7O3. The minimum atomic E-state index is -4.91. The van der Waals surface area contributed by atoms with E-state index in [0.29, 0.717) is 76.0 Å². The van der Waals surface area contributed by atoms with E-state index < -0.39 is 35.3 Å². The molecule has 0 radical (unpaired) electrons. The van der Waals surface area contributed by atoms with E-state index in [0.717, 1.165) is 5.96 Å². The van der Waals surface area contributed by atoms with E-state index in [4.69, 9.17) is 4.74 Å². The molecule has 4 heterocycles. The highest BCUT2D eigenvalue weighted by atomic mass is 19.4. The van der Waals surface area contributed by atoms with Gasteiger partial charge < -0.3 is 25.2 Å². The fourth-order valence-electron chi connectivity index (χ4n) is 5.75. The standard InChI is InChI=1S/C28H35F4N7O3/c1-16-14-39(15-17(2)37(16)3)24-10-22(29)19(18-11-34-27(35-12-18)38-4-6-42-7-5-38)8-23(24)36-26(41)20-13-33-25(40)9-21(20)28(30,31)32/h8-10,13,16-18,20H,4-7,11-12,14-15H2,1-3H3,(H,34,35)(H,36,41)/t16-,17+,20?. The van der Waals surface area contributed by atoms with Crippen molar-refractivity contribution in [2.75, 3.05) is 69.7 Å². The summed E-state index contributed by atoms with van der Waals surface area (Å²) in [5, 5.41) is 5.89. The number of piperazine rings is 1. The molecule has 4 atom stereocenters. The van der Waals surface area contributed by atoms with E-state index in [1.54, 1.807) is 0 Å². The molecule has 42 heavy (non-hydrogen) atoms. The van der Waals surface area contributed by atoms with Crippen LogP contribution >= 0.6 is 0 Å². The number of hydrogen-bond donors (Lipinski definition) is 2. The number of amides is 2. The van der Waals surface area contributed by atoms with Gasteiger partial charge in [0.15, 0.2) is 5.96 Å². The van der Waals surface area contributed by atoms with Crippen LogP contribution in [0.25, 0.3) is 0 Å². The van der Waals surface area contributed by atoms with Gasteiger partial charge in [-0.2, -0.15) is 13.2 Å². The van der Waals surface area contributed by atoms with Gasteiger partial charge in [0, 0.05) is 63.0 Å². The maximum atomic E-state index is 15.8. The average Bonchev–Trinajstić information content (AvgIpc) is 2.96. The predicted octanol–water partition coefficient (Wildman–Crippen LogP) is 2.38. The Hall–Kier alpha value is -3.52. The van der Waals surface area contributed by atoms with E-state index in [1.807, 2.05) is 25.8 Å². The number of benzene rings is 1. The van der Waals surface area contributed by atoms with Crippen LogP contribution in [0.5, 0.6) is 0 Å². The molecule has 0 aliphatic carbocycles. The van der Waals surface area contributed by atoms with Gasteiger partial charge in [0.05, 0.1) is 36.7 Å². The fourth-order valence-corrected chi connectivity index (χ4v) is 5.75. The second-order valence-electron chi connectivity index (χ2n) is 11.2. The van der Waals surface area contributed by atoms with E-state index in [-0.39, 0.29) is 23.7 Å². The molecule has 0 aromatic heterocycles. The zero-order chi connectivity index (χ0) is 30.2. The number of anilines is 2. The molecule has 4 aliphatic heterocycles. The van der Waals surface area contributed by atoms with Crippen LogP contribution in [0, 0.1) is 11.7 Å². The number of alkyl halides is 3. The lowest BCUT2D eigenvalue weighted by Crippen LogP contribution is -2.55. The van der Waals surface area contributed by atoms with Crippen molar-refractivity contribution in [2.45, 2.75) is 38.0 Å². The Morgan fingerprint density at radius 1 is 1.12 bits per heavy atom. The lowest BCUT2D eigenvalue weighted by atomic mass is 9.94. The van der Waals surface area contributed by atoms with Crippen LogP contribution in [-0.4, -0.2) is 112 Å². The lowest BCUT2D eigenvalue weighted by Gasteiger charge is -2.44. The molecular weight excluding hydrogens is 558 g/mol. The summed E-state index contributed by atoms with van der Waals surface area (Å²) in [5.41, 5.74) is -0.443. The molecule has 2 fully saturated rings. The van der Waals surface area contributed by atoms with Gasteiger partial charge >= 0.3 is 6.18 Å². The molecule has 2 amide bonds. The van der Waals surface area contributed by atoms with Crippen LogP contribution in [0.4, 0.5) is 28.9 Å². The topological polar surface area (TPSA) is 102 Å². The first-order valence-corrected chi connectivity index (χ1v) is 14.0. The first-order chi connectivity index (χ1) is 19.9. The van der Waals surface area contributed by atoms with Crippen molar-refractivity contribution < 1.29 is 31.9 Å². The summed E-state index contributed by atoms with van der Waals surface area (Å²) >= 11 is 0. The van der Waals surface area contributed by atoms with Crippen molar-refractivity contribution >= 4 is 35.4 Å². The molecule has 1 aromatic rings.